The molecule has 0 spiro atoms. The molecule has 3 heterocycles. The van der Waals surface area contributed by atoms with Crippen molar-refractivity contribution in [1.82, 2.24) is 14.7 Å². The van der Waals surface area contributed by atoms with Crippen molar-refractivity contribution in [2.75, 3.05) is 6.54 Å². The molecule has 21 heavy (non-hydrogen) atoms. The number of hydrogen-bond acceptors (Lipinski definition) is 4. The number of hydrogen-bond donors (Lipinski definition) is 2. The van der Waals surface area contributed by atoms with Crippen LogP contribution in [0.5, 0.6) is 0 Å². The molecule has 0 saturated carbocycles. The maximum atomic E-state index is 12.2. The third kappa shape index (κ3) is 2.66. The molecule has 0 bridgehead atoms. The molecule has 3 aromatic rings. The molecule has 6 heteroatoms. The number of amides is 1. The average molecular weight is 285 g/mol. The van der Waals surface area contributed by atoms with E-state index in [2.05, 4.69) is 10.3 Å². The first-order valence-electron chi connectivity index (χ1n) is 6.58. The summed E-state index contributed by atoms with van der Waals surface area (Å²) < 4.78 is 6.81. The standard InChI is InChI=1S/C15H15N3O3/c1-10-4-5-14-16-7-11(18(14)9-10)15(20)17-8-12(19)13-3-2-6-21-13/h2-7,9,12,19H,8H2,1H3,(H,17,20). The van der Waals surface area contributed by atoms with Gasteiger partial charge in [-0.25, -0.2) is 4.98 Å². The molecule has 0 radical (unpaired) electrons. The number of aryl methyl sites for hydroxylation is 1. The normalized spacial score (nSPS) is 12.5. The highest BCUT2D eigenvalue weighted by molar-refractivity contribution is 5.93. The Labute approximate surface area is 121 Å². The van der Waals surface area contributed by atoms with E-state index in [1.165, 1.54) is 12.5 Å². The lowest BCUT2D eigenvalue weighted by Gasteiger charge is -2.09. The highest BCUT2D eigenvalue weighted by Gasteiger charge is 2.15. The van der Waals surface area contributed by atoms with E-state index in [4.69, 9.17) is 4.42 Å². The van der Waals surface area contributed by atoms with Gasteiger partial charge in [0.15, 0.2) is 0 Å². The number of pyridine rings is 1. The maximum absolute atomic E-state index is 12.2. The molecule has 0 aliphatic rings. The minimum Gasteiger partial charge on any atom is -0.467 e. The molecule has 108 valence electrons. The Morgan fingerprint density at radius 1 is 1.48 bits per heavy atom. The summed E-state index contributed by atoms with van der Waals surface area (Å²) in [6.45, 7) is 2.02. The number of furan rings is 1. The molecule has 3 aromatic heterocycles. The average Bonchev–Trinajstić information content (AvgIpc) is 3.13. The first-order chi connectivity index (χ1) is 10.1. The van der Waals surface area contributed by atoms with Crippen LogP contribution in [-0.2, 0) is 0 Å². The predicted molar refractivity (Wildman–Crippen MR) is 75.9 cm³/mol. The van der Waals surface area contributed by atoms with E-state index in [1.54, 1.807) is 16.5 Å². The lowest BCUT2D eigenvalue weighted by atomic mass is 10.2. The van der Waals surface area contributed by atoms with E-state index in [1.807, 2.05) is 25.3 Å². The third-order valence-electron chi connectivity index (χ3n) is 3.21. The number of nitrogens with one attached hydrogen (secondary N) is 1. The number of aromatic nitrogens is 2. The first-order valence-corrected chi connectivity index (χ1v) is 6.58. The van der Waals surface area contributed by atoms with Crippen molar-refractivity contribution in [2.24, 2.45) is 0 Å². The lowest BCUT2D eigenvalue weighted by Crippen LogP contribution is -2.29. The van der Waals surface area contributed by atoms with E-state index in [0.717, 1.165) is 5.56 Å². The number of aliphatic hydroxyl groups is 1. The highest BCUT2D eigenvalue weighted by atomic mass is 16.4. The Hall–Kier alpha value is -2.60. The van der Waals surface area contributed by atoms with E-state index >= 15 is 0 Å². The number of rotatable bonds is 4. The Morgan fingerprint density at radius 3 is 3.10 bits per heavy atom. The van der Waals surface area contributed by atoms with Crippen LogP contribution < -0.4 is 5.32 Å². The Kier molecular flexibility index (Phi) is 3.45. The molecule has 0 aliphatic carbocycles. The summed E-state index contributed by atoms with van der Waals surface area (Å²) in [7, 11) is 0. The van der Waals surface area contributed by atoms with E-state index < -0.39 is 6.10 Å². The quantitative estimate of drug-likeness (QED) is 0.764. The topological polar surface area (TPSA) is 79.8 Å². The SMILES string of the molecule is Cc1ccc2ncc(C(=O)NCC(O)c3ccco3)n2c1. The van der Waals surface area contributed by atoms with Crippen LogP contribution in [0.25, 0.3) is 5.65 Å². The summed E-state index contributed by atoms with van der Waals surface area (Å²) in [6, 6.07) is 7.14. The Morgan fingerprint density at radius 2 is 2.33 bits per heavy atom. The van der Waals surface area contributed by atoms with Crippen molar-refractivity contribution in [1.29, 1.82) is 0 Å². The molecule has 1 atom stereocenters. The predicted octanol–water partition coefficient (Wildman–Crippen LogP) is 1.70. The third-order valence-corrected chi connectivity index (χ3v) is 3.21. The van der Waals surface area contributed by atoms with Gasteiger partial charge in [-0.05, 0) is 30.7 Å². The van der Waals surface area contributed by atoms with Crippen molar-refractivity contribution >= 4 is 11.6 Å². The summed E-state index contributed by atoms with van der Waals surface area (Å²) in [5, 5.41) is 12.6. The zero-order valence-electron chi connectivity index (χ0n) is 11.5. The van der Waals surface area contributed by atoms with Gasteiger partial charge in [0.1, 0.15) is 23.2 Å². The molecule has 0 aromatic carbocycles. The minimum absolute atomic E-state index is 0.0748. The molecule has 0 fully saturated rings. The molecule has 1 amide bonds. The summed E-state index contributed by atoms with van der Waals surface area (Å²) in [6.07, 6.45) is 3.97. The van der Waals surface area contributed by atoms with E-state index in [9.17, 15) is 9.90 Å². The summed E-state index contributed by atoms with van der Waals surface area (Å²) >= 11 is 0. The molecule has 0 aliphatic heterocycles. The summed E-state index contributed by atoms with van der Waals surface area (Å²) in [5.74, 6) is 0.128. The van der Waals surface area contributed by atoms with Crippen LogP contribution in [0.3, 0.4) is 0 Å². The lowest BCUT2D eigenvalue weighted by molar-refractivity contribution is 0.0895. The van der Waals surface area contributed by atoms with Gasteiger partial charge < -0.3 is 14.8 Å². The number of imidazole rings is 1. The maximum Gasteiger partial charge on any atom is 0.270 e. The number of carbonyl (C=O) groups is 1. The fourth-order valence-electron chi connectivity index (χ4n) is 2.12. The van der Waals surface area contributed by atoms with Crippen molar-refractivity contribution in [3.63, 3.8) is 0 Å². The van der Waals surface area contributed by atoms with Gasteiger partial charge >= 0.3 is 0 Å². The van der Waals surface area contributed by atoms with Crippen LogP contribution in [0, 0.1) is 6.92 Å². The highest BCUT2D eigenvalue weighted by Crippen LogP contribution is 2.12. The van der Waals surface area contributed by atoms with Crippen molar-refractivity contribution in [2.45, 2.75) is 13.0 Å². The smallest absolute Gasteiger partial charge is 0.270 e. The van der Waals surface area contributed by atoms with Gasteiger partial charge in [0, 0.05) is 6.20 Å². The number of nitrogens with zero attached hydrogens (tertiary/aromatic N) is 2. The zero-order chi connectivity index (χ0) is 14.8. The van der Waals surface area contributed by atoms with Crippen molar-refractivity contribution < 1.29 is 14.3 Å². The van der Waals surface area contributed by atoms with Crippen LogP contribution >= 0.6 is 0 Å². The second-order valence-corrected chi connectivity index (χ2v) is 4.82. The summed E-state index contributed by atoms with van der Waals surface area (Å²) in [4.78, 5) is 16.4. The minimum atomic E-state index is -0.870. The van der Waals surface area contributed by atoms with Gasteiger partial charge in [-0.1, -0.05) is 6.07 Å². The van der Waals surface area contributed by atoms with Crippen molar-refractivity contribution in [3.05, 3.63) is 59.9 Å². The van der Waals surface area contributed by atoms with Crippen LogP contribution in [0.1, 0.15) is 27.9 Å². The fraction of sp³-hybridized carbons (Fsp3) is 0.200. The summed E-state index contributed by atoms with van der Waals surface area (Å²) in [5.41, 5.74) is 2.17. The molecule has 6 nitrogen and oxygen atoms in total. The van der Waals surface area contributed by atoms with Crippen LogP contribution in [-0.4, -0.2) is 26.9 Å². The van der Waals surface area contributed by atoms with Crippen LogP contribution in [0.15, 0.2) is 47.3 Å². The second-order valence-electron chi connectivity index (χ2n) is 4.82. The largest absolute Gasteiger partial charge is 0.467 e. The molecule has 3 rings (SSSR count). The molecule has 1 unspecified atom stereocenters. The molecule has 0 saturated heterocycles. The Bertz CT molecular complexity index is 762. The Balaban J connectivity index is 1.74. The van der Waals surface area contributed by atoms with Gasteiger partial charge in [0.2, 0.25) is 0 Å². The van der Waals surface area contributed by atoms with Gasteiger partial charge in [0.05, 0.1) is 19.0 Å². The monoisotopic (exact) mass is 285 g/mol. The van der Waals surface area contributed by atoms with Gasteiger partial charge in [-0.2, -0.15) is 0 Å². The van der Waals surface area contributed by atoms with Crippen LogP contribution in [0.4, 0.5) is 0 Å². The van der Waals surface area contributed by atoms with E-state index in [0.29, 0.717) is 17.1 Å². The number of fused-ring (bicyclic) bond motifs is 1. The molecule has 2 N–H and O–H groups in total. The number of aliphatic hydroxyl groups excluding tert-OH is 1. The fourth-order valence-corrected chi connectivity index (χ4v) is 2.12. The zero-order valence-corrected chi connectivity index (χ0v) is 11.5. The van der Waals surface area contributed by atoms with Crippen LogP contribution in [0.2, 0.25) is 0 Å². The van der Waals surface area contributed by atoms with Gasteiger partial charge in [0.25, 0.3) is 5.91 Å². The van der Waals surface area contributed by atoms with E-state index in [-0.39, 0.29) is 12.5 Å². The molecular formula is C15H15N3O3. The number of carbonyl (C=O) groups excluding carboxylic acids is 1. The second kappa shape index (κ2) is 5.41. The molecular weight excluding hydrogens is 270 g/mol. The van der Waals surface area contributed by atoms with Gasteiger partial charge in [-0.15, -0.1) is 0 Å². The van der Waals surface area contributed by atoms with Gasteiger partial charge in [-0.3, -0.25) is 9.20 Å². The van der Waals surface area contributed by atoms with Crippen molar-refractivity contribution in [3.8, 4) is 0 Å². The first kappa shape index (κ1) is 13.4.